The highest BCUT2D eigenvalue weighted by Gasteiger charge is 2.09. The highest BCUT2D eigenvalue weighted by atomic mass is 15.2. The molecule has 28 heavy (non-hydrogen) atoms. The van der Waals surface area contributed by atoms with Crippen molar-refractivity contribution in [2.75, 3.05) is 13.1 Å². The fourth-order valence-corrected chi connectivity index (χ4v) is 3.00. The number of aryl methyl sites for hydroxylation is 1. The van der Waals surface area contributed by atoms with Crippen LogP contribution in [0.5, 0.6) is 0 Å². The molecular weight excluding hydrogens is 346 g/mol. The molecule has 0 aliphatic carbocycles. The maximum Gasteiger partial charge on any atom is 0.0580 e. The number of rotatable bonds is 8. The molecule has 144 valence electrons. The van der Waals surface area contributed by atoms with E-state index in [4.69, 9.17) is 0 Å². The number of aromatic nitrogens is 2. The molecule has 2 heterocycles. The van der Waals surface area contributed by atoms with Gasteiger partial charge in [-0.2, -0.15) is 5.10 Å². The van der Waals surface area contributed by atoms with Crippen molar-refractivity contribution in [1.29, 1.82) is 0 Å². The van der Waals surface area contributed by atoms with E-state index in [1.54, 1.807) is 4.68 Å². The van der Waals surface area contributed by atoms with Gasteiger partial charge in [0.1, 0.15) is 0 Å². The van der Waals surface area contributed by atoms with Crippen molar-refractivity contribution < 1.29 is 0 Å². The summed E-state index contributed by atoms with van der Waals surface area (Å²) in [6.45, 7) is 9.94. The summed E-state index contributed by atoms with van der Waals surface area (Å²) >= 11 is 0. The zero-order valence-corrected chi connectivity index (χ0v) is 16.8. The van der Waals surface area contributed by atoms with E-state index in [0.717, 1.165) is 58.8 Å². The molecule has 5 heteroatoms. The predicted octanol–water partition coefficient (Wildman–Crippen LogP) is 4.36. The second-order valence-electron chi connectivity index (χ2n) is 6.79. The number of allylic oxidation sites excluding steroid dienone is 2. The number of hydrogen-bond donors (Lipinski definition) is 1. The van der Waals surface area contributed by atoms with Gasteiger partial charge in [-0.1, -0.05) is 37.8 Å². The monoisotopic (exact) mass is 373 g/mol. The first kappa shape index (κ1) is 19.5. The van der Waals surface area contributed by atoms with Gasteiger partial charge in [0.25, 0.3) is 0 Å². The van der Waals surface area contributed by atoms with Gasteiger partial charge in [0.05, 0.1) is 12.7 Å². The van der Waals surface area contributed by atoms with Gasteiger partial charge in [0.15, 0.2) is 0 Å². The van der Waals surface area contributed by atoms with Gasteiger partial charge in [-0.05, 0) is 36.1 Å². The van der Waals surface area contributed by atoms with Gasteiger partial charge in [-0.25, -0.2) is 0 Å². The number of aliphatic imine (C=N–C) groups is 2. The molecule has 1 aliphatic rings. The molecule has 0 spiro atoms. The van der Waals surface area contributed by atoms with Crippen LogP contribution >= 0.6 is 0 Å². The second kappa shape index (κ2) is 9.13. The fraction of sp³-hybridized carbons (Fsp3) is 0.261. The summed E-state index contributed by atoms with van der Waals surface area (Å²) in [6, 6.07) is 8.33. The molecule has 0 atom stereocenters. The largest absolute Gasteiger partial charge is 0.361 e. The molecule has 2 aromatic rings. The van der Waals surface area contributed by atoms with Crippen LogP contribution in [0.15, 0.2) is 65.5 Å². The van der Waals surface area contributed by atoms with Gasteiger partial charge >= 0.3 is 0 Å². The van der Waals surface area contributed by atoms with Crippen LogP contribution in [0.1, 0.15) is 37.0 Å². The summed E-state index contributed by atoms with van der Waals surface area (Å²) in [7, 11) is 1.92. The summed E-state index contributed by atoms with van der Waals surface area (Å²) in [5.74, 6) is 0. The van der Waals surface area contributed by atoms with Crippen LogP contribution in [0.4, 0.5) is 0 Å². The van der Waals surface area contributed by atoms with Gasteiger partial charge in [0.2, 0.25) is 0 Å². The van der Waals surface area contributed by atoms with Crippen LogP contribution in [0, 0.1) is 0 Å². The Hall–Kier alpha value is -3.21. The molecule has 3 rings (SSSR count). The molecule has 0 radical (unpaired) electrons. The highest BCUT2D eigenvalue weighted by Crippen LogP contribution is 2.21. The molecule has 1 N–H and O–H groups in total. The minimum atomic E-state index is 0.756. The van der Waals surface area contributed by atoms with Crippen molar-refractivity contribution >= 4 is 28.8 Å². The fourth-order valence-electron chi connectivity index (χ4n) is 3.00. The normalized spacial score (nSPS) is 14.3. The molecule has 0 amide bonds. The van der Waals surface area contributed by atoms with E-state index in [-0.39, 0.29) is 0 Å². The quantitative estimate of drug-likeness (QED) is 0.699. The van der Waals surface area contributed by atoms with Crippen LogP contribution in [0.3, 0.4) is 0 Å². The third kappa shape index (κ3) is 4.74. The van der Waals surface area contributed by atoms with Crippen molar-refractivity contribution in [1.82, 2.24) is 15.1 Å². The van der Waals surface area contributed by atoms with E-state index in [9.17, 15) is 0 Å². The van der Waals surface area contributed by atoms with E-state index < -0.39 is 0 Å². The summed E-state index contributed by atoms with van der Waals surface area (Å²) in [5.41, 5.74) is 7.22. The van der Waals surface area contributed by atoms with Gasteiger partial charge in [-0.15, -0.1) is 0 Å². The Morgan fingerprint density at radius 2 is 2.21 bits per heavy atom. The van der Waals surface area contributed by atoms with Crippen molar-refractivity contribution in [3.8, 4) is 0 Å². The lowest BCUT2D eigenvalue weighted by atomic mass is 10.0. The summed E-state index contributed by atoms with van der Waals surface area (Å²) < 4.78 is 1.80. The number of nitrogens with one attached hydrogen (secondary N) is 1. The molecule has 0 unspecified atom stereocenters. The molecule has 0 bridgehead atoms. The van der Waals surface area contributed by atoms with E-state index in [1.165, 1.54) is 0 Å². The Kier molecular flexibility index (Phi) is 6.37. The van der Waals surface area contributed by atoms with Crippen molar-refractivity contribution in [3.63, 3.8) is 0 Å². The van der Waals surface area contributed by atoms with Crippen LogP contribution < -0.4 is 5.32 Å². The van der Waals surface area contributed by atoms with E-state index in [0.29, 0.717) is 0 Å². The lowest BCUT2D eigenvalue weighted by Gasteiger charge is -2.11. The van der Waals surface area contributed by atoms with Crippen molar-refractivity contribution in [3.05, 3.63) is 72.2 Å². The summed E-state index contributed by atoms with van der Waals surface area (Å²) in [5, 5.41) is 7.65. The Bertz CT molecular complexity index is 972. The van der Waals surface area contributed by atoms with Gasteiger partial charge in [-0.3, -0.25) is 14.7 Å². The molecular formula is C23H27N5. The third-order valence-corrected chi connectivity index (χ3v) is 4.56. The average molecular weight is 374 g/mol. The zero-order valence-electron chi connectivity index (χ0n) is 16.8. The maximum absolute atomic E-state index is 4.67. The van der Waals surface area contributed by atoms with Crippen LogP contribution in [0.25, 0.3) is 16.8 Å². The minimum absolute atomic E-state index is 0.756. The highest BCUT2D eigenvalue weighted by molar-refractivity contribution is 6.22. The Morgan fingerprint density at radius 1 is 1.36 bits per heavy atom. The standard InChI is InChI=1S/C23H27N5/c1-5-10-25-18(3)23(22-14-27-28(4)16-22)15-26-17(2)19-7-6-8-20(12-19)21-9-11-24-13-21/h6-9,12-16,26H,2,5,10-11H2,1,3-4H3. The Balaban J connectivity index is 1.83. The molecule has 0 saturated heterocycles. The number of benzene rings is 1. The number of hydrogen-bond acceptors (Lipinski definition) is 4. The topological polar surface area (TPSA) is 54.6 Å². The smallest absolute Gasteiger partial charge is 0.0580 e. The zero-order chi connectivity index (χ0) is 19.9. The first-order valence-corrected chi connectivity index (χ1v) is 9.55. The van der Waals surface area contributed by atoms with E-state index in [2.05, 4.69) is 58.2 Å². The van der Waals surface area contributed by atoms with Gasteiger partial charge in [0, 0.05) is 54.7 Å². The molecule has 5 nitrogen and oxygen atoms in total. The Morgan fingerprint density at radius 3 is 2.89 bits per heavy atom. The molecule has 1 aromatic heterocycles. The van der Waals surface area contributed by atoms with Crippen LogP contribution in [-0.2, 0) is 7.05 Å². The second-order valence-corrected chi connectivity index (χ2v) is 6.79. The molecule has 0 fully saturated rings. The van der Waals surface area contributed by atoms with Gasteiger partial charge < -0.3 is 5.32 Å². The molecule has 1 aromatic carbocycles. The lowest BCUT2D eigenvalue weighted by Crippen LogP contribution is -2.08. The minimum Gasteiger partial charge on any atom is -0.361 e. The summed E-state index contributed by atoms with van der Waals surface area (Å²) in [4.78, 5) is 8.93. The predicted molar refractivity (Wildman–Crippen MR) is 119 cm³/mol. The van der Waals surface area contributed by atoms with E-state index >= 15 is 0 Å². The maximum atomic E-state index is 4.67. The lowest BCUT2D eigenvalue weighted by molar-refractivity contribution is 0.767. The molecule has 0 saturated carbocycles. The van der Waals surface area contributed by atoms with Crippen molar-refractivity contribution in [2.45, 2.75) is 20.3 Å². The van der Waals surface area contributed by atoms with Crippen LogP contribution in [0.2, 0.25) is 0 Å². The first-order valence-electron chi connectivity index (χ1n) is 9.55. The van der Waals surface area contributed by atoms with Crippen molar-refractivity contribution in [2.24, 2.45) is 17.0 Å². The summed E-state index contributed by atoms with van der Waals surface area (Å²) in [6.07, 6.45) is 10.9. The SMILES string of the molecule is C=C(NC=C(C(C)=NCCC)c1cnn(C)c1)c1cccc(C2=CCN=C2)c1. The Labute approximate surface area is 166 Å². The average Bonchev–Trinajstić information content (AvgIpc) is 3.38. The third-order valence-electron chi connectivity index (χ3n) is 4.56. The van der Waals surface area contributed by atoms with Crippen LogP contribution in [-0.4, -0.2) is 34.8 Å². The molecule has 1 aliphatic heterocycles. The first-order chi connectivity index (χ1) is 13.6. The number of nitrogens with zero attached hydrogens (tertiary/aromatic N) is 4. The van der Waals surface area contributed by atoms with E-state index in [1.807, 2.05) is 44.8 Å².